The average molecular weight is 409 g/mol. The molecule has 0 bridgehead atoms. The number of rotatable bonds is 7. The van der Waals surface area contributed by atoms with Crippen LogP contribution >= 0.6 is 0 Å². The van der Waals surface area contributed by atoms with Gasteiger partial charge in [0, 0.05) is 50.0 Å². The second-order valence-electron chi connectivity index (χ2n) is 8.59. The lowest BCUT2D eigenvalue weighted by Crippen LogP contribution is -2.42. The summed E-state index contributed by atoms with van der Waals surface area (Å²) in [4.78, 5) is 17.1. The molecule has 30 heavy (non-hydrogen) atoms. The van der Waals surface area contributed by atoms with Crippen LogP contribution < -0.4 is 10.6 Å². The molecule has 1 amide bonds. The van der Waals surface area contributed by atoms with Gasteiger partial charge in [0.2, 0.25) is 0 Å². The molecule has 2 aliphatic heterocycles. The molecule has 2 aromatic carbocycles. The molecule has 1 saturated heterocycles. The highest BCUT2D eigenvalue weighted by molar-refractivity contribution is 5.95. The van der Waals surface area contributed by atoms with Gasteiger partial charge in [0.15, 0.2) is 0 Å². The highest BCUT2D eigenvalue weighted by Crippen LogP contribution is 2.19. The number of aliphatic hydroxyl groups is 1. The van der Waals surface area contributed by atoms with Crippen LogP contribution in [-0.4, -0.2) is 72.7 Å². The van der Waals surface area contributed by atoms with E-state index in [2.05, 4.69) is 51.7 Å². The first-order valence-electron chi connectivity index (χ1n) is 10.9. The van der Waals surface area contributed by atoms with Crippen molar-refractivity contribution in [1.82, 2.24) is 15.1 Å². The average Bonchev–Trinajstić information content (AvgIpc) is 3.16. The van der Waals surface area contributed by atoms with Crippen LogP contribution in [0.5, 0.6) is 0 Å². The van der Waals surface area contributed by atoms with E-state index in [1.165, 1.54) is 11.1 Å². The zero-order valence-corrected chi connectivity index (χ0v) is 17.7. The zero-order chi connectivity index (χ0) is 20.9. The Hall–Kier alpha value is -2.41. The van der Waals surface area contributed by atoms with E-state index >= 15 is 0 Å². The maximum absolute atomic E-state index is 12.6. The molecular formula is C24H32N4O2. The van der Waals surface area contributed by atoms with E-state index in [0.717, 1.165) is 44.7 Å². The summed E-state index contributed by atoms with van der Waals surface area (Å²) in [6.45, 7) is 4.72. The summed E-state index contributed by atoms with van der Waals surface area (Å²) in [5, 5.41) is 16.8. The predicted molar refractivity (Wildman–Crippen MR) is 120 cm³/mol. The lowest BCUT2D eigenvalue weighted by atomic mass is 10.00. The van der Waals surface area contributed by atoms with Crippen LogP contribution in [-0.2, 0) is 13.0 Å². The number of likely N-dealkylation sites (N-methyl/N-ethyl adjacent to an activating group) is 1. The third kappa shape index (κ3) is 5.39. The minimum atomic E-state index is -0.588. The van der Waals surface area contributed by atoms with Crippen molar-refractivity contribution in [1.29, 1.82) is 0 Å². The van der Waals surface area contributed by atoms with Crippen LogP contribution in [0.3, 0.4) is 0 Å². The van der Waals surface area contributed by atoms with Crippen molar-refractivity contribution >= 4 is 11.6 Å². The van der Waals surface area contributed by atoms with Crippen molar-refractivity contribution in [3.05, 3.63) is 65.2 Å². The second-order valence-corrected chi connectivity index (χ2v) is 8.59. The fourth-order valence-corrected chi connectivity index (χ4v) is 4.42. The van der Waals surface area contributed by atoms with Crippen LogP contribution in [0.4, 0.5) is 5.69 Å². The van der Waals surface area contributed by atoms with E-state index < -0.39 is 6.10 Å². The van der Waals surface area contributed by atoms with Gasteiger partial charge in [-0.2, -0.15) is 0 Å². The van der Waals surface area contributed by atoms with E-state index in [9.17, 15) is 9.90 Å². The van der Waals surface area contributed by atoms with E-state index in [0.29, 0.717) is 18.2 Å². The van der Waals surface area contributed by atoms with E-state index in [4.69, 9.17) is 0 Å². The van der Waals surface area contributed by atoms with Gasteiger partial charge in [-0.25, -0.2) is 0 Å². The molecule has 6 nitrogen and oxygen atoms in total. The Morgan fingerprint density at radius 2 is 2.00 bits per heavy atom. The fraction of sp³-hybridized carbons (Fsp3) is 0.458. The minimum absolute atomic E-state index is 0.148. The quantitative estimate of drug-likeness (QED) is 0.654. The standard InChI is InChI=1S/C24H32N4O2/c1-27-11-10-22(16-27)26-21-8-4-7-19(13-21)24(30)25-14-23(29)17-28-12-9-18-5-2-3-6-20(18)15-28/h2-8,13,22-23,26,29H,9-12,14-17H2,1H3,(H,25,30). The molecule has 0 spiro atoms. The van der Waals surface area contributed by atoms with Crippen molar-refractivity contribution in [3.63, 3.8) is 0 Å². The van der Waals surface area contributed by atoms with Gasteiger partial charge in [0.1, 0.15) is 0 Å². The van der Waals surface area contributed by atoms with Gasteiger partial charge in [-0.05, 0) is 55.8 Å². The Labute approximate surface area is 178 Å². The highest BCUT2D eigenvalue weighted by atomic mass is 16.3. The van der Waals surface area contributed by atoms with Crippen LogP contribution in [0, 0.1) is 0 Å². The number of carbonyl (C=O) groups excluding carboxylic acids is 1. The highest BCUT2D eigenvalue weighted by Gasteiger charge is 2.20. The molecule has 2 aromatic rings. The maximum atomic E-state index is 12.6. The molecule has 3 N–H and O–H groups in total. The van der Waals surface area contributed by atoms with Gasteiger partial charge in [-0.1, -0.05) is 30.3 Å². The van der Waals surface area contributed by atoms with Crippen LogP contribution in [0.25, 0.3) is 0 Å². The number of fused-ring (bicyclic) bond motifs is 1. The van der Waals surface area contributed by atoms with Crippen molar-refractivity contribution in [2.45, 2.75) is 31.5 Å². The van der Waals surface area contributed by atoms with E-state index in [1.54, 1.807) is 0 Å². The molecule has 2 atom stereocenters. The summed E-state index contributed by atoms with van der Waals surface area (Å²) >= 11 is 0. The number of hydrogen-bond donors (Lipinski definition) is 3. The van der Waals surface area contributed by atoms with Crippen molar-refractivity contribution in [2.75, 3.05) is 45.1 Å². The molecule has 1 fully saturated rings. The van der Waals surface area contributed by atoms with Gasteiger partial charge in [0.25, 0.3) is 5.91 Å². The lowest BCUT2D eigenvalue weighted by Gasteiger charge is -2.30. The number of β-amino-alcohol motifs (C(OH)–C–C–N with tert-alkyl or cyclic N) is 1. The smallest absolute Gasteiger partial charge is 0.251 e. The minimum Gasteiger partial charge on any atom is -0.390 e. The molecule has 2 aliphatic rings. The second kappa shape index (κ2) is 9.60. The Kier molecular flexibility index (Phi) is 6.67. The van der Waals surface area contributed by atoms with E-state index in [-0.39, 0.29) is 12.5 Å². The summed E-state index contributed by atoms with van der Waals surface area (Å²) < 4.78 is 0. The molecule has 6 heteroatoms. The van der Waals surface area contributed by atoms with E-state index in [1.807, 2.05) is 24.3 Å². The number of aliphatic hydroxyl groups excluding tert-OH is 1. The molecule has 0 aromatic heterocycles. The first-order valence-corrected chi connectivity index (χ1v) is 10.9. The summed E-state index contributed by atoms with van der Waals surface area (Å²) in [6, 6.07) is 16.5. The number of benzene rings is 2. The molecular weight excluding hydrogens is 376 g/mol. The van der Waals surface area contributed by atoms with Crippen LogP contribution in [0.1, 0.15) is 27.9 Å². The van der Waals surface area contributed by atoms with Crippen molar-refractivity contribution in [3.8, 4) is 0 Å². The van der Waals surface area contributed by atoms with Gasteiger partial charge in [0.05, 0.1) is 6.10 Å². The van der Waals surface area contributed by atoms with Crippen molar-refractivity contribution in [2.24, 2.45) is 0 Å². The largest absolute Gasteiger partial charge is 0.390 e. The maximum Gasteiger partial charge on any atom is 0.251 e. The first-order chi connectivity index (χ1) is 14.6. The summed E-state index contributed by atoms with van der Waals surface area (Å²) in [7, 11) is 2.12. The Morgan fingerprint density at radius 3 is 2.80 bits per heavy atom. The molecule has 160 valence electrons. The van der Waals surface area contributed by atoms with Crippen LogP contribution in [0.15, 0.2) is 48.5 Å². The topological polar surface area (TPSA) is 67.8 Å². The fourth-order valence-electron chi connectivity index (χ4n) is 4.42. The number of nitrogens with one attached hydrogen (secondary N) is 2. The molecule has 0 radical (unpaired) electrons. The number of carbonyl (C=O) groups is 1. The number of nitrogens with zero attached hydrogens (tertiary/aromatic N) is 2. The zero-order valence-electron chi connectivity index (χ0n) is 17.7. The van der Waals surface area contributed by atoms with Gasteiger partial charge < -0.3 is 20.6 Å². The number of likely N-dealkylation sites (tertiary alicyclic amines) is 1. The Bertz CT molecular complexity index is 872. The first kappa shape index (κ1) is 20.8. The number of hydrogen-bond acceptors (Lipinski definition) is 5. The SMILES string of the molecule is CN1CCC(Nc2cccc(C(=O)NCC(O)CN3CCc4ccccc4C3)c2)C1. The molecule has 0 aliphatic carbocycles. The number of amides is 1. The third-order valence-electron chi connectivity index (χ3n) is 6.06. The number of anilines is 1. The molecule has 0 saturated carbocycles. The normalized spacial score (nSPS) is 20.5. The third-order valence-corrected chi connectivity index (χ3v) is 6.06. The van der Waals surface area contributed by atoms with Crippen LogP contribution in [0.2, 0.25) is 0 Å². The Morgan fingerprint density at radius 1 is 1.17 bits per heavy atom. The summed E-state index contributed by atoms with van der Waals surface area (Å²) in [5.41, 5.74) is 4.31. The monoisotopic (exact) mass is 408 g/mol. The predicted octanol–water partition coefficient (Wildman–Crippen LogP) is 1.95. The lowest BCUT2D eigenvalue weighted by molar-refractivity contribution is 0.0842. The molecule has 2 heterocycles. The van der Waals surface area contributed by atoms with Gasteiger partial charge in [-0.3, -0.25) is 9.69 Å². The summed E-state index contributed by atoms with van der Waals surface area (Å²) in [5.74, 6) is -0.148. The van der Waals surface area contributed by atoms with Crippen molar-refractivity contribution < 1.29 is 9.90 Å². The molecule has 4 rings (SSSR count). The van der Waals surface area contributed by atoms with Gasteiger partial charge >= 0.3 is 0 Å². The Balaban J connectivity index is 1.25. The van der Waals surface area contributed by atoms with Gasteiger partial charge in [-0.15, -0.1) is 0 Å². The summed E-state index contributed by atoms with van der Waals surface area (Å²) in [6.07, 6.45) is 1.53. The molecule has 2 unspecified atom stereocenters.